The molecule has 0 aliphatic carbocycles. The van der Waals surface area contributed by atoms with Crippen LogP contribution in [-0.4, -0.2) is 86.2 Å². The number of hydrogen-bond donors (Lipinski definition) is 2. The van der Waals surface area contributed by atoms with Crippen molar-refractivity contribution >= 4 is 45.2 Å². The van der Waals surface area contributed by atoms with Crippen LogP contribution in [0.3, 0.4) is 0 Å². The minimum Gasteiger partial charge on any atom is -0.389 e. The quantitative estimate of drug-likeness (QED) is 0.307. The summed E-state index contributed by atoms with van der Waals surface area (Å²) in [4.78, 5) is 42.1. The molecule has 0 spiro atoms. The number of likely N-dealkylation sites (tertiary alicyclic amines) is 1. The molecule has 0 atom stereocenters. The maximum Gasteiger partial charge on any atom is 0.322 e. The molecule has 2 saturated heterocycles. The second kappa shape index (κ2) is 11.2. The third-order valence-electron chi connectivity index (χ3n) is 9.58. The lowest BCUT2D eigenvalue weighted by atomic mass is 9.98. The number of hydrogen-bond acceptors (Lipinski definition) is 6. The molecule has 0 radical (unpaired) electrons. The second-order valence-corrected chi connectivity index (χ2v) is 12.3. The molecule has 0 bridgehead atoms. The van der Waals surface area contributed by atoms with Gasteiger partial charge in [-0.1, -0.05) is 60.7 Å². The summed E-state index contributed by atoms with van der Waals surface area (Å²) in [6.07, 6.45) is 5.50. The van der Waals surface area contributed by atoms with Crippen LogP contribution in [0.1, 0.15) is 18.4 Å². The molecular formula is C35H35N7O3. The Labute approximate surface area is 260 Å². The van der Waals surface area contributed by atoms with Crippen molar-refractivity contribution in [2.75, 3.05) is 42.9 Å². The summed E-state index contributed by atoms with van der Waals surface area (Å²) in [5.74, 6) is 0.806. The smallest absolute Gasteiger partial charge is 0.322 e. The summed E-state index contributed by atoms with van der Waals surface area (Å²) in [6, 6.07) is 22.5. The van der Waals surface area contributed by atoms with Gasteiger partial charge in [-0.2, -0.15) is 0 Å². The predicted molar refractivity (Wildman–Crippen MR) is 174 cm³/mol. The SMILES string of the molecule is O=C(Cn1cc(-c2cccc3ccccc23)c2c(N3CC(O)C3)ncnc21)N1CCC(N2CCc3ccccc3NC2=O)CC1. The number of piperidine rings is 1. The molecule has 5 heterocycles. The number of anilines is 2. The van der Waals surface area contributed by atoms with Gasteiger partial charge in [0.1, 0.15) is 24.3 Å². The Morgan fingerprint density at radius 3 is 2.53 bits per heavy atom. The number of aliphatic hydroxyl groups excluding tert-OH is 1. The van der Waals surface area contributed by atoms with Gasteiger partial charge in [-0.3, -0.25) is 4.79 Å². The van der Waals surface area contributed by atoms with Crippen LogP contribution >= 0.6 is 0 Å². The number of aromatic nitrogens is 3. The van der Waals surface area contributed by atoms with Crippen LogP contribution < -0.4 is 10.2 Å². The Kier molecular flexibility index (Phi) is 6.86. The molecule has 2 aromatic heterocycles. The lowest BCUT2D eigenvalue weighted by Gasteiger charge is -2.38. The van der Waals surface area contributed by atoms with Crippen molar-refractivity contribution in [2.24, 2.45) is 0 Å². The van der Waals surface area contributed by atoms with Crippen molar-refractivity contribution in [3.05, 3.63) is 84.8 Å². The molecule has 0 unspecified atom stereocenters. The fourth-order valence-electron chi connectivity index (χ4n) is 7.17. The molecule has 3 amide bonds. The number of β-amino-alcohol motifs (C(OH)–C–C–N with tert-alkyl or cyclic N) is 1. The highest BCUT2D eigenvalue weighted by Gasteiger charge is 2.33. The van der Waals surface area contributed by atoms with Crippen molar-refractivity contribution in [3.8, 4) is 11.1 Å². The molecule has 5 aromatic rings. The van der Waals surface area contributed by atoms with Crippen LogP contribution in [0.5, 0.6) is 0 Å². The number of rotatable bonds is 5. The van der Waals surface area contributed by atoms with E-state index in [1.165, 1.54) is 0 Å². The fraction of sp³-hybridized carbons (Fsp3) is 0.314. The standard InChI is InChI=1S/C35H35N7O3/c43-26-18-40(19-26)33-32-29(28-10-5-8-23-6-1-3-9-27(23)28)20-41(34(32)37-22-36-33)21-31(44)39-15-13-25(14-16-39)42-17-12-24-7-2-4-11-30(24)38-35(42)45/h1-11,20,22,25-26,43H,12-19,21H2,(H,38,45). The van der Waals surface area contributed by atoms with Gasteiger partial charge in [0.15, 0.2) is 0 Å². The number of carbonyl (C=O) groups excluding carboxylic acids is 2. The molecule has 10 heteroatoms. The zero-order valence-corrected chi connectivity index (χ0v) is 25.0. The van der Waals surface area contributed by atoms with Gasteiger partial charge < -0.3 is 29.7 Å². The number of fused-ring (bicyclic) bond motifs is 3. The fourth-order valence-corrected chi connectivity index (χ4v) is 7.17. The van der Waals surface area contributed by atoms with E-state index in [4.69, 9.17) is 0 Å². The average molecular weight is 602 g/mol. The van der Waals surface area contributed by atoms with E-state index in [9.17, 15) is 14.7 Å². The van der Waals surface area contributed by atoms with E-state index in [1.54, 1.807) is 6.33 Å². The molecule has 8 rings (SSSR count). The number of amides is 3. The van der Waals surface area contributed by atoms with Crippen molar-refractivity contribution in [3.63, 3.8) is 0 Å². The highest BCUT2D eigenvalue weighted by molar-refractivity contribution is 6.08. The van der Waals surface area contributed by atoms with E-state index in [1.807, 2.05) is 50.9 Å². The largest absolute Gasteiger partial charge is 0.389 e. The maximum atomic E-state index is 13.8. The van der Waals surface area contributed by atoms with Crippen LogP contribution in [0.4, 0.5) is 16.3 Å². The van der Waals surface area contributed by atoms with E-state index in [0.29, 0.717) is 38.4 Å². The highest BCUT2D eigenvalue weighted by Crippen LogP contribution is 2.39. The Morgan fingerprint density at radius 2 is 1.69 bits per heavy atom. The summed E-state index contributed by atoms with van der Waals surface area (Å²) in [5.41, 5.74) is 4.77. The molecular weight excluding hydrogens is 566 g/mol. The van der Waals surface area contributed by atoms with Crippen molar-refractivity contribution in [1.29, 1.82) is 0 Å². The van der Waals surface area contributed by atoms with Crippen LogP contribution in [0.15, 0.2) is 79.3 Å². The maximum absolute atomic E-state index is 13.8. The first-order valence-corrected chi connectivity index (χ1v) is 15.7. The molecule has 3 aliphatic rings. The number of benzene rings is 3. The lowest BCUT2D eigenvalue weighted by Crippen LogP contribution is -2.51. The molecule has 10 nitrogen and oxygen atoms in total. The second-order valence-electron chi connectivity index (χ2n) is 12.3. The van der Waals surface area contributed by atoms with Crippen molar-refractivity contribution < 1.29 is 14.7 Å². The normalized spacial score (nSPS) is 17.7. The molecule has 3 aliphatic heterocycles. The number of nitrogens with zero attached hydrogens (tertiary/aromatic N) is 6. The molecule has 3 aromatic carbocycles. The molecule has 45 heavy (non-hydrogen) atoms. The highest BCUT2D eigenvalue weighted by atomic mass is 16.3. The third-order valence-corrected chi connectivity index (χ3v) is 9.58. The zero-order valence-electron chi connectivity index (χ0n) is 25.0. The summed E-state index contributed by atoms with van der Waals surface area (Å²) in [5, 5.41) is 16.3. The topological polar surface area (TPSA) is 107 Å². The first-order chi connectivity index (χ1) is 22.0. The van der Waals surface area contributed by atoms with Crippen LogP contribution in [0.2, 0.25) is 0 Å². The molecule has 0 saturated carbocycles. The number of para-hydroxylation sites is 1. The van der Waals surface area contributed by atoms with E-state index in [-0.39, 0.29) is 30.6 Å². The summed E-state index contributed by atoms with van der Waals surface area (Å²) in [7, 11) is 0. The van der Waals surface area contributed by atoms with Crippen LogP contribution in [-0.2, 0) is 17.8 Å². The summed E-state index contributed by atoms with van der Waals surface area (Å²) in [6.45, 7) is 3.06. The first kappa shape index (κ1) is 27.6. The van der Waals surface area contributed by atoms with Gasteiger partial charge in [-0.05, 0) is 47.2 Å². The summed E-state index contributed by atoms with van der Waals surface area (Å²) < 4.78 is 1.95. The van der Waals surface area contributed by atoms with Gasteiger partial charge >= 0.3 is 6.03 Å². The van der Waals surface area contributed by atoms with Crippen LogP contribution in [0, 0.1) is 0 Å². The van der Waals surface area contributed by atoms with Gasteiger partial charge in [-0.15, -0.1) is 0 Å². The minimum atomic E-state index is -0.377. The van der Waals surface area contributed by atoms with Gasteiger partial charge in [0.05, 0.1) is 11.5 Å². The van der Waals surface area contributed by atoms with E-state index >= 15 is 0 Å². The Bertz CT molecular complexity index is 1920. The molecule has 228 valence electrons. The van der Waals surface area contributed by atoms with Crippen LogP contribution in [0.25, 0.3) is 32.9 Å². The monoisotopic (exact) mass is 601 g/mol. The Morgan fingerprint density at radius 1 is 0.911 bits per heavy atom. The molecule has 2 fully saturated rings. The van der Waals surface area contributed by atoms with E-state index in [2.05, 4.69) is 56.6 Å². The van der Waals surface area contributed by atoms with Crippen molar-refractivity contribution in [2.45, 2.75) is 38.0 Å². The minimum absolute atomic E-state index is 0.0297. The number of urea groups is 1. The molecule has 2 N–H and O–H groups in total. The van der Waals surface area contributed by atoms with Gasteiger partial charge in [0.2, 0.25) is 5.91 Å². The summed E-state index contributed by atoms with van der Waals surface area (Å²) >= 11 is 0. The van der Waals surface area contributed by atoms with E-state index in [0.717, 1.165) is 63.6 Å². The number of aliphatic hydroxyl groups is 1. The number of carbonyl (C=O) groups is 2. The lowest BCUT2D eigenvalue weighted by molar-refractivity contribution is -0.133. The number of nitrogens with one attached hydrogen (secondary N) is 1. The first-order valence-electron chi connectivity index (χ1n) is 15.7. The van der Waals surface area contributed by atoms with Gasteiger partial charge in [-0.25, -0.2) is 14.8 Å². The van der Waals surface area contributed by atoms with Gasteiger partial charge in [0.25, 0.3) is 0 Å². The zero-order chi connectivity index (χ0) is 30.5. The predicted octanol–water partition coefficient (Wildman–Crippen LogP) is 4.51. The van der Waals surface area contributed by atoms with Crippen molar-refractivity contribution in [1.82, 2.24) is 24.3 Å². The van der Waals surface area contributed by atoms with Gasteiger partial charge in [0, 0.05) is 56.2 Å². The van der Waals surface area contributed by atoms with E-state index < -0.39 is 0 Å². The third kappa shape index (κ3) is 4.95. The Balaban J connectivity index is 1.05. The Hall–Kier alpha value is -4.96. The average Bonchev–Trinajstić information content (AvgIpc) is 3.32.